The number of nitro groups is 1. The Hall–Kier alpha value is -2.78. The third-order valence-corrected chi connectivity index (χ3v) is 6.35. The second-order valence-corrected chi connectivity index (χ2v) is 8.13. The van der Waals surface area contributed by atoms with Crippen molar-refractivity contribution in [3.8, 4) is 0 Å². The number of sulfonamides is 1. The average molecular weight is 389 g/mol. The van der Waals surface area contributed by atoms with Crippen molar-refractivity contribution in [3.05, 3.63) is 64.7 Å². The number of non-ortho nitro benzene ring substituents is 1. The first-order valence-electron chi connectivity index (χ1n) is 8.52. The van der Waals surface area contributed by atoms with E-state index < -0.39 is 26.9 Å². The summed E-state index contributed by atoms with van der Waals surface area (Å²) in [5, 5.41) is 13.5. The van der Waals surface area contributed by atoms with Gasteiger partial charge >= 0.3 is 0 Å². The van der Waals surface area contributed by atoms with Crippen molar-refractivity contribution < 1.29 is 18.1 Å². The van der Waals surface area contributed by atoms with Crippen molar-refractivity contribution >= 4 is 27.3 Å². The summed E-state index contributed by atoms with van der Waals surface area (Å²) in [6.45, 7) is 0.254. The molecular formula is C18H19N3O5S. The highest BCUT2D eigenvalue weighted by Crippen LogP contribution is 2.26. The van der Waals surface area contributed by atoms with Crippen molar-refractivity contribution in [1.82, 2.24) is 4.31 Å². The van der Waals surface area contributed by atoms with Crippen LogP contribution in [0.2, 0.25) is 0 Å². The van der Waals surface area contributed by atoms with Gasteiger partial charge in [-0.15, -0.1) is 0 Å². The van der Waals surface area contributed by atoms with Crippen molar-refractivity contribution in [3.63, 3.8) is 0 Å². The highest BCUT2D eigenvalue weighted by atomic mass is 32.2. The summed E-state index contributed by atoms with van der Waals surface area (Å²) in [5.74, 6) is -0.491. The number of amides is 1. The normalized spacial score (nSPS) is 18.0. The number of carbonyl (C=O) groups is 1. The molecule has 1 atom stereocenters. The molecular weight excluding hydrogens is 370 g/mol. The number of benzene rings is 2. The van der Waals surface area contributed by atoms with Gasteiger partial charge in [-0.2, -0.15) is 4.31 Å². The number of rotatable bonds is 5. The van der Waals surface area contributed by atoms with Gasteiger partial charge in [0.1, 0.15) is 6.04 Å². The summed E-state index contributed by atoms with van der Waals surface area (Å²) in [6, 6.07) is 12.7. The maximum atomic E-state index is 13.0. The molecule has 27 heavy (non-hydrogen) atoms. The van der Waals surface area contributed by atoms with Crippen LogP contribution in [0.15, 0.2) is 59.5 Å². The van der Waals surface area contributed by atoms with E-state index in [1.165, 1.54) is 40.7 Å². The largest absolute Gasteiger partial charge is 0.324 e. The number of carbonyl (C=O) groups excluding carboxylic acids is 1. The van der Waals surface area contributed by atoms with Gasteiger partial charge in [0, 0.05) is 24.4 Å². The van der Waals surface area contributed by atoms with Gasteiger partial charge in [0.05, 0.1) is 9.82 Å². The van der Waals surface area contributed by atoms with Gasteiger partial charge in [0.2, 0.25) is 15.9 Å². The molecule has 1 amide bonds. The van der Waals surface area contributed by atoms with Crippen molar-refractivity contribution in [1.29, 1.82) is 0 Å². The van der Waals surface area contributed by atoms with E-state index in [1.54, 1.807) is 18.2 Å². The molecule has 2 aromatic rings. The number of piperidine rings is 1. The van der Waals surface area contributed by atoms with E-state index in [0.717, 1.165) is 6.42 Å². The summed E-state index contributed by atoms with van der Waals surface area (Å²) >= 11 is 0. The molecule has 3 rings (SSSR count). The quantitative estimate of drug-likeness (QED) is 0.625. The second-order valence-electron chi connectivity index (χ2n) is 6.24. The molecule has 1 fully saturated rings. The minimum absolute atomic E-state index is 0.139. The summed E-state index contributed by atoms with van der Waals surface area (Å²) in [6.07, 6.45) is 1.80. The molecule has 0 saturated carbocycles. The zero-order valence-corrected chi connectivity index (χ0v) is 15.3. The lowest BCUT2D eigenvalue weighted by molar-refractivity contribution is -0.384. The van der Waals surface area contributed by atoms with Crippen molar-refractivity contribution in [2.75, 3.05) is 11.9 Å². The van der Waals surface area contributed by atoms with Gasteiger partial charge in [0.15, 0.2) is 0 Å². The Morgan fingerprint density at radius 3 is 2.56 bits per heavy atom. The second kappa shape index (κ2) is 7.85. The van der Waals surface area contributed by atoms with E-state index >= 15 is 0 Å². The Bertz CT molecular complexity index is 946. The monoisotopic (exact) mass is 389 g/mol. The number of hydrogen-bond acceptors (Lipinski definition) is 5. The first kappa shape index (κ1) is 19.0. The Morgan fingerprint density at radius 1 is 1.11 bits per heavy atom. The zero-order valence-electron chi connectivity index (χ0n) is 14.4. The van der Waals surface area contributed by atoms with E-state index in [1.807, 2.05) is 0 Å². The molecule has 9 heteroatoms. The van der Waals surface area contributed by atoms with E-state index in [4.69, 9.17) is 0 Å². The maximum Gasteiger partial charge on any atom is 0.271 e. The summed E-state index contributed by atoms with van der Waals surface area (Å²) in [7, 11) is -3.81. The molecule has 142 valence electrons. The number of nitrogens with zero attached hydrogens (tertiary/aromatic N) is 2. The van der Waals surface area contributed by atoms with Gasteiger partial charge in [-0.3, -0.25) is 14.9 Å². The summed E-state index contributed by atoms with van der Waals surface area (Å²) in [4.78, 5) is 23.2. The zero-order chi connectivity index (χ0) is 19.4. The lowest BCUT2D eigenvalue weighted by atomic mass is 10.0. The Balaban J connectivity index is 1.84. The minimum atomic E-state index is -3.81. The molecule has 1 saturated heterocycles. The number of hydrogen-bond donors (Lipinski definition) is 1. The Labute approximate surface area is 157 Å². The van der Waals surface area contributed by atoms with Crippen LogP contribution < -0.4 is 5.32 Å². The highest BCUT2D eigenvalue weighted by molar-refractivity contribution is 7.89. The molecule has 0 aliphatic carbocycles. The van der Waals surface area contributed by atoms with Crippen LogP contribution in [0.5, 0.6) is 0 Å². The predicted octanol–water partition coefficient (Wildman–Crippen LogP) is 2.78. The first-order valence-corrected chi connectivity index (χ1v) is 9.96. The van der Waals surface area contributed by atoms with Gasteiger partial charge < -0.3 is 5.32 Å². The number of nitro benzene ring substituents is 1. The Morgan fingerprint density at radius 2 is 1.85 bits per heavy atom. The minimum Gasteiger partial charge on any atom is -0.324 e. The van der Waals surface area contributed by atoms with Crippen LogP contribution in [0.1, 0.15) is 19.3 Å². The molecule has 0 radical (unpaired) electrons. The fourth-order valence-electron chi connectivity index (χ4n) is 3.11. The highest BCUT2D eigenvalue weighted by Gasteiger charge is 2.37. The third kappa shape index (κ3) is 4.15. The Kier molecular flexibility index (Phi) is 5.52. The molecule has 1 unspecified atom stereocenters. The first-order chi connectivity index (χ1) is 12.9. The van der Waals surface area contributed by atoms with Crippen LogP contribution in [0.4, 0.5) is 11.4 Å². The molecule has 1 heterocycles. The van der Waals surface area contributed by atoms with Crippen LogP contribution in [0, 0.1) is 10.1 Å². The summed E-state index contributed by atoms with van der Waals surface area (Å²) in [5.41, 5.74) is 0.113. The maximum absolute atomic E-state index is 13.0. The van der Waals surface area contributed by atoms with Crippen molar-refractivity contribution in [2.24, 2.45) is 0 Å². The van der Waals surface area contributed by atoms with Gasteiger partial charge in [-0.05, 0) is 31.0 Å². The average Bonchev–Trinajstić information content (AvgIpc) is 2.69. The number of nitrogens with one attached hydrogen (secondary N) is 1. The fraction of sp³-hybridized carbons (Fsp3) is 0.278. The molecule has 1 N–H and O–H groups in total. The van der Waals surface area contributed by atoms with Crippen LogP contribution >= 0.6 is 0 Å². The lowest BCUT2D eigenvalue weighted by Crippen LogP contribution is -2.49. The third-order valence-electron chi connectivity index (χ3n) is 4.43. The van der Waals surface area contributed by atoms with E-state index in [-0.39, 0.29) is 22.8 Å². The van der Waals surface area contributed by atoms with Crippen LogP contribution in [-0.2, 0) is 14.8 Å². The molecule has 0 aromatic heterocycles. The molecule has 8 nitrogen and oxygen atoms in total. The molecule has 0 spiro atoms. The van der Waals surface area contributed by atoms with Crippen molar-refractivity contribution in [2.45, 2.75) is 30.2 Å². The molecule has 1 aliphatic heterocycles. The van der Waals surface area contributed by atoms with Crippen LogP contribution in [-0.4, -0.2) is 36.1 Å². The van der Waals surface area contributed by atoms with Crippen LogP contribution in [0.3, 0.4) is 0 Å². The number of anilines is 1. The van der Waals surface area contributed by atoms with Crippen LogP contribution in [0.25, 0.3) is 0 Å². The molecule has 0 bridgehead atoms. The smallest absolute Gasteiger partial charge is 0.271 e. The van der Waals surface area contributed by atoms with E-state index in [2.05, 4.69) is 5.32 Å². The predicted molar refractivity (Wildman–Crippen MR) is 99.7 cm³/mol. The molecule has 2 aromatic carbocycles. The topological polar surface area (TPSA) is 110 Å². The van der Waals surface area contributed by atoms with Gasteiger partial charge in [-0.25, -0.2) is 8.42 Å². The van der Waals surface area contributed by atoms with Gasteiger partial charge in [-0.1, -0.05) is 30.7 Å². The lowest BCUT2D eigenvalue weighted by Gasteiger charge is -2.33. The van der Waals surface area contributed by atoms with E-state index in [9.17, 15) is 23.3 Å². The van der Waals surface area contributed by atoms with Gasteiger partial charge in [0.25, 0.3) is 5.69 Å². The standard InChI is InChI=1S/C18H19N3O5S/c22-18(19-14-7-6-8-15(13-14)21(23)24)17-11-4-5-12-20(17)27(25,26)16-9-2-1-3-10-16/h1-3,6-10,13,17H,4-5,11-12H2,(H,19,22). The summed E-state index contributed by atoms with van der Waals surface area (Å²) < 4.78 is 27.1. The SMILES string of the molecule is O=C(Nc1cccc([N+](=O)[O-])c1)C1CCCCN1S(=O)(=O)c1ccccc1. The van der Waals surface area contributed by atoms with E-state index in [0.29, 0.717) is 12.8 Å². The molecule has 1 aliphatic rings. The fourth-order valence-corrected chi connectivity index (χ4v) is 4.78.